The fourth-order valence-electron chi connectivity index (χ4n) is 1.38. The number of aromatic nitrogens is 3. The Morgan fingerprint density at radius 1 is 1.47 bits per heavy atom. The molecule has 0 spiro atoms. The van der Waals surface area contributed by atoms with E-state index in [1.807, 2.05) is 6.07 Å². The van der Waals surface area contributed by atoms with Crippen molar-refractivity contribution in [3.63, 3.8) is 0 Å². The van der Waals surface area contributed by atoms with Crippen molar-refractivity contribution in [2.24, 2.45) is 0 Å². The highest BCUT2D eigenvalue weighted by molar-refractivity contribution is 5.89. The van der Waals surface area contributed by atoms with Crippen LogP contribution in [0.15, 0.2) is 24.7 Å². The maximum atomic E-state index is 7.15. The van der Waals surface area contributed by atoms with Gasteiger partial charge in [-0.15, -0.1) is 5.10 Å². The number of pyridine rings is 1. The van der Waals surface area contributed by atoms with E-state index in [1.165, 1.54) is 0 Å². The number of nitrogens with zero attached hydrogens (tertiary/aromatic N) is 3. The molecule has 0 unspecified atom stereocenters. The quantitative estimate of drug-likeness (QED) is 0.876. The van der Waals surface area contributed by atoms with E-state index >= 15 is 0 Å². The summed E-state index contributed by atoms with van der Waals surface area (Å²) in [4.78, 5) is 4.05. The van der Waals surface area contributed by atoms with Crippen LogP contribution in [0.3, 0.4) is 0 Å². The number of fused-ring (bicyclic) bond motifs is 1. The van der Waals surface area contributed by atoms with Crippen LogP contribution in [0.1, 0.15) is 18.0 Å². The SMILES string of the molecule is [2H]C([2H])([2H])OC(C)(C)CNc1nncc2ccncc12. The van der Waals surface area contributed by atoms with Crippen LogP contribution < -0.4 is 5.32 Å². The van der Waals surface area contributed by atoms with E-state index in [1.54, 1.807) is 32.4 Å². The minimum Gasteiger partial charge on any atom is -0.377 e. The molecule has 0 radical (unpaired) electrons. The average molecular weight is 235 g/mol. The molecule has 0 aromatic carbocycles. The van der Waals surface area contributed by atoms with Crippen molar-refractivity contribution in [1.82, 2.24) is 15.2 Å². The van der Waals surface area contributed by atoms with E-state index in [0.717, 1.165) is 10.8 Å². The van der Waals surface area contributed by atoms with Crippen molar-refractivity contribution >= 4 is 16.6 Å². The van der Waals surface area contributed by atoms with Crippen LogP contribution in [0.5, 0.6) is 0 Å². The minimum atomic E-state index is -2.43. The van der Waals surface area contributed by atoms with Crippen LogP contribution in [0.2, 0.25) is 0 Å². The Morgan fingerprint density at radius 3 is 3.18 bits per heavy atom. The molecular weight excluding hydrogens is 216 g/mol. The van der Waals surface area contributed by atoms with Crippen molar-refractivity contribution in [3.8, 4) is 0 Å². The van der Waals surface area contributed by atoms with Crippen LogP contribution in [0, 0.1) is 0 Å². The van der Waals surface area contributed by atoms with Crippen LogP contribution in [-0.2, 0) is 4.74 Å². The Morgan fingerprint density at radius 2 is 2.35 bits per heavy atom. The van der Waals surface area contributed by atoms with Gasteiger partial charge in [-0.1, -0.05) is 0 Å². The number of ether oxygens (including phenoxy) is 1. The summed E-state index contributed by atoms with van der Waals surface area (Å²) in [5, 5.41) is 12.7. The van der Waals surface area contributed by atoms with Crippen molar-refractivity contribution in [3.05, 3.63) is 24.7 Å². The third-order valence-corrected chi connectivity index (χ3v) is 2.42. The number of nitrogens with one attached hydrogen (secondary N) is 1. The van der Waals surface area contributed by atoms with Crippen LogP contribution in [-0.4, -0.2) is 34.4 Å². The average Bonchev–Trinajstić information content (AvgIpc) is 2.33. The molecule has 2 rings (SSSR count). The zero-order valence-electron chi connectivity index (χ0n) is 12.8. The second kappa shape index (κ2) is 4.63. The molecule has 0 aliphatic rings. The molecule has 0 saturated carbocycles. The van der Waals surface area contributed by atoms with Crippen LogP contribution in [0.4, 0.5) is 5.82 Å². The van der Waals surface area contributed by atoms with Gasteiger partial charge >= 0.3 is 0 Å². The third kappa shape index (κ3) is 2.68. The number of hydrogen-bond donors (Lipinski definition) is 1. The fourth-order valence-corrected chi connectivity index (χ4v) is 1.38. The largest absolute Gasteiger partial charge is 0.377 e. The molecular formula is C12H16N4O. The van der Waals surface area contributed by atoms with E-state index in [4.69, 9.17) is 8.85 Å². The molecule has 0 saturated heterocycles. The summed E-state index contributed by atoms with van der Waals surface area (Å²) in [6.45, 7) is 3.68. The van der Waals surface area contributed by atoms with Crippen molar-refractivity contribution in [2.45, 2.75) is 19.4 Å². The molecule has 0 fully saturated rings. The lowest BCUT2D eigenvalue weighted by Gasteiger charge is -2.23. The highest BCUT2D eigenvalue weighted by atomic mass is 16.5. The molecule has 2 aromatic heterocycles. The topological polar surface area (TPSA) is 59.9 Å². The summed E-state index contributed by atoms with van der Waals surface area (Å²) in [5.41, 5.74) is -0.864. The summed E-state index contributed by atoms with van der Waals surface area (Å²) in [7, 11) is -2.43. The number of rotatable bonds is 4. The van der Waals surface area contributed by atoms with Gasteiger partial charge in [0.2, 0.25) is 0 Å². The van der Waals surface area contributed by atoms with E-state index < -0.39 is 12.6 Å². The second-order valence-corrected chi connectivity index (χ2v) is 4.37. The Kier molecular flexibility index (Phi) is 2.28. The van der Waals surface area contributed by atoms with Gasteiger partial charge in [-0.2, -0.15) is 5.10 Å². The molecule has 1 N–H and O–H groups in total. The Balaban J connectivity index is 2.13. The minimum absolute atomic E-state index is 0.286. The number of hydrogen-bond acceptors (Lipinski definition) is 5. The first kappa shape index (κ1) is 8.36. The van der Waals surface area contributed by atoms with E-state index in [0.29, 0.717) is 5.82 Å². The van der Waals surface area contributed by atoms with E-state index in [2.05, 4.69) is 20.5 Å². The molecule has 17 heavy (non-hydrogen) atoms. The lowest BCUT2D eigenvalue weighted by atomic mass is 10.1. The fraction of sp³-hybridized carbons (Fsp3) is 0.417. The molecule has 0 aliphatic carbocycles. The molecule has 5 nitrogen and oxygen atoms in total. The highest BCUT2D eigenvalue weighted by Crippen LogP contribution is 2.19. The van der Waals surface area contributed by atoms with Gasteiger partial charge in [0, 0.05) is 36.7 Å². The first-order valence-electron chi connectivity index (χ1n) is 6.76. The highest BCUT2D eigenvalue weighted by Gasteiger charge is 2.16. The van der Waals surface area contributed by atoms with Crippen LogP contribution in [0.25, 0.3) is 10.8 Å². The summed E-state index contributed by atoms with van der Waals surface area (Å²) >= 11 is 0. The first-order valence-corrected chi connectivity index (χ1v) is 5.26. The van der Waals surface area contributed by atoms with Gasteiger partial charge in [-0.3, -0.25) is 4.98 Å². The predicted molar refractivity (Wildman–Crippen MR) is 66.9 cm³/mol. The molecule has 2 aromatic rings. The lowest BCUT2D eigenvalue weighted by molar-refractivity contribution is 0.0343. The van der Waals surface area contributed by atoms with Gasteiger partial charge in [0.15, 0.2) is 5.82 Å². The second-order valence-electron chi connectivity index (χ2n) is 4.37. The molecule has 0 aliphatic heterocycles. The predicted octanol–water partition coefficient (Wildman–Crippen LogP) is 1.86. The Bertz CT molecular complexity index is 595. The maximum Gasteiger partial charge on any atom is 0.158 e. The van der Waals surface area contributed by atoms with Crippen molar-refractivity contribution in [2.75, 3.05) is 18.9 Å². The molecule has 0 amide bonds. The molecule has 0 atom stereocenters. The van der Waals surface area contributed by atoms with Gasteiger partial charge in [0.25, 0.3) is 0 Å². The van der Waals surface area contributed by atoms with Gasteiger partial charge in [0.05, 0.1) is 15.9 Å². The van der Waals surface area contributed by atoms with Gasteiger partial charge in [0.1, 0.15) is 0 Å². The van der Waals surface area contributed by atoms with E-state index in [9.17, 15) is 0 Å². The number of methoxy groups -OCH3 is 1. The summed E-state index contributed by atoms with van der Waals surface area (Å²) in [6.07, 6.45) is 5.01. The van der Waals surface area contributed by atoms with Crippen molar-refractivity contribution in [1.29, 1.82) is 0 Å². The first-order chi connectivity index (χ1) is 9.27. The normalized spacial score (nSPS) is 15.1. The zero-order valence-corrected chi connectivity index (χ0v) is 9.77. The van der Waals surface area contributed by atoms with Gasteiger partial charge in [-0.05, 0) is 19.9 Å². The van der Waals surface area contributed by atoms with Gasteiger partial charge in [-0.25, -0.2) is 0 Å². The van der Waals surface area contributed by atoms with Gasteiger partial charge < -0.3 is 10.1 Å². The summed E-state index contributed by atoms with van der Waals surface area (Å²) < 4.78 is 26.5. The smallest absolute Gasteiger partial charge is 0.158 e. The number of anilines is 1. The van der Waals surface area contributed by atoms with Crippen molar-refractivity contribution < 1.29 is 8.85 Å². The lowest BCUT2D eigenvalue weighted by Crippen LogP contribution is -2.32. The molecule has 90 valence electrons. The zero-order chi connectivity index (χ0) is 14.8. The standard InChI is InChI=1S/C12H16N4O/c1-12(2,17-3)8-14-11-10-7-13-5-4-9(10)6-15-16-11/h4-7H,8H2,1-3H3,(H,14,16)/i3D3. The van der Waals surface area contributed by atoms with Crippen LogP contribution >= 0.6 is 0 Å². The summed E-state index contributed by atoms with van der Waals surface area (Å²) in [6, 6.07) is 1.83. The van der Waals surface area contributed by atoms with E-state index in [-0.39, 0.29) is 6.54 Å². The Hall–Kier alpha value is -1.75. The monoisotopic (exact) mass is 235 g/mol. The molecule has 2 heterocycles. The summed E-state index contributed by atoms with van der Waals surface area (Å²) in [5.74, 6) is 0.554. The maximum absolute atomic E-state index is 7.15. The third-order valence-electron chi connectivity index (χ3n) is 2.42. The Labute approximate surface area is 104 Å². The molecule has 5 heteroatoms. The molecule has 0 bridgehead atoms.